The van der Waals surface area contributed by atoms with E-state index >= 15 is 0 Å². The summed E-state index contributed by atoms with van der Waals surface area (Å²) < 4.78 is 0. The molecule has 1 heterocycles. The lowest BCUT2D eigenvalue weighted by atomic mass is 10.1. The SMILES string of the molecule is CCN(C(C)CN)C1CCCN(C)CC1. The molecule has 0 saturated carbocycles. The van der Waals surface area contributed by atoms with Gasteiger partial charge in [0, 0.05) is 18.6 Å². The van der Waals surface area contributed by atoms with Crippen molar-refractivity contribution in [2.45, 2.75) is 45.2 Å². The summed E-state index contributed by atoms with van der Waals surface area (Å²) in [6, 6.07) is 1.28. The van der Waals surface area contributed by atoms with E-state index in [4.69, 9.17) is 5.73 Å². The summed E-state index contributed by atoms with van der Waals surface area (Å²) in [4.78, 5) is 5.03. The molecule has 2 unspecified atom stereocenters. The molecule has 1 saturated heterocycles. The molecule has 0 amide bonds. The van der Waals surface area contributed by atoms with Gasteiger partial charge in [0.2, 0.25) is 0 Å². The van der Waals surface area contributed by atoms with Crippen LogP contribution in [-0.2, 0) is 0 Å². The summed E-state index contributed by atoms with van der Waals surface area (Å²) in [5.74, 6) is 0. The van der Waals surface area contributed by atoms with Crippen molar-refractivity contribution in [2.24, 2.45) is 5.73 Å². The van der Waals surface area contributed by atoms with E-state index in [1.165, 1.54) is 32.4 Å². The number of nitrogens with zero attached hydrogens (tertiary/aromatic N) is 2. The summed E-state index contributed by atoms with van der Waals surface area (Å²) >= 11 is 0. The molecule has 3 nitrogen and oxygen atoms in total. The number of likely N-dealkylation sites (tertiary alicyclic amines) is 1. The van der Waals surface area contributed by atoms with Gasteiger partial charge >= 0.3 is 0 Å². The molecule has 3 heteroatoms. The standard InChI is InChI=1S/C12H27N3/c1-4-15(11(2)10-13)12-6-5-8-14(3)9-7-12/h11-12H,4-10,13H2,1-3H3. The highest BCUT2D eigenvalue weighted by Gasteiger charge is 2.23. The van der Waals surface area contributed by atoms with Crippen LogP contribution in [0, 0.1) is 0 Å². The topological polar surface area (TPSA) is 32.5 Å². The minimum atomic E-state index is 0.531. The van der Waals surface area contributed by atoms with Crippen LogP contribution in [0.3, 0.4) is 0 Å². The number of likely N-dealkylation sites (N-methyl/N-ethyl adjacent to an activating group) is 1. The summed E-state index contributed by atoms with van der Waals surface area (Å²) in [5.41, 5.74) is 5.77. The second-order valence-corrected chi connectivity index (χ2v) is 4.80. The van der Waals surface area contributed by atoms with Crippen LogP contribution >= 0.6 is 0 Å². The molecule has 0 radical (unpaired) electrons. The van der Waals surface area contributed by atoms with Gasteiger partial charge in [0.15, 0.2) is 0 Å². The fraction of sp³-hybridized carbons (Fsp3) is 1.00. The van der Waals surface area contributed by atoms with Crippen molar-refractivity contribution in [3.63, 3.8) is 0 Å². The second-order valence-electron chi connectivity index (χ2n) is 4.80. The Balaban J connectivity index is 2.51. The van der Waals surface area contributed by atoms with Crippen molar-refractivity contribution < 1.29 is 0 Å². The van der Waals surface area contributed by atoms with Crippen molar-refractivity contribution in [1.29, 1.82) is 0 Å². The summed E-state index contributed by atoms with van der Waals surface area (Å²) in [6.07, 6.45) is 3.96. The van der Waals surface area contributed by atoms with E-state index in [0.717, 1.165) is 19.1 Å². The van der Waals surface area contributed by atoms with Gasteiger partial charge in [-0.15, -0.1) is 0 Å². The lowest BCUT2D eigenvalue weighted by molar-refractivity contribution is 0.141. The summed E-state index contributed by atoms with van der Waals surface area (Å²) in [7, 11) is 2.23. The maximum absolute atomic E-state index is 5.77. The van der Waals surface area contributed by atoms with Gasteiger partial charge in [-0.1, -0.05) is 6.92 Å². The Bertz CT molecular complexity index is 172. The van der Waals surface area contributed by atoms with Crippen molar-refractivity contribution >= 4 is 0 Å². The fourth-order valence-corrected chi connectivity index (χ4v) is 2.62. The third-order valence-electron chi connectivity index (χ3n) is 3.66. The number of nitrogens with two attached hydrogens (primary N) is 1. The third kappa shape index (κ3) is 3.74. The van der Waals surface area contributed by atoms with E-state index in [1.807, 2.05) is 0 Å². The van der Waals surface area contributed by atoms with Gasteiger partial charge in [0.25, 0.3) is 0 Å². The highest BCUT2D eigenvalue weighted by Crippen LogP contribution is 2.17. The van der Waals surface area contributed by atoms with Gasteiger partial charge in [0.1, 0.15) is 0 Å². The number of hydrogen-bond donors (Lipinski definition) is 1. The molecule has 0 spiro atoms. The van der Waals surface area contributed by atoms with E-state index in [9.17, 15) is 0 Å². The average Bonchev–Trinajstić information content (AvgIpc) is 2.45. The fourth-order valence-electron chi connectivity index (χ4n) is 2.62. The molecule has 2 N–H and O–H groups in total. The van der Waals surface area contributed by atoms with E-state index in [1.54, 1.807) is 0 Å². The molecule has 1 fully saturated rings. The van der Waals surface area contributed by atoms with Crippen LogP contribution in [0.1, 0.15) is 33.1 Å². The average molecular weight is 213 g/mol. The first kappa shape index (κ1) is 12.9. The predicted octanol–water partition coefficient (Wildman–Crippen LogP) is 1.14. The molecular formula is C12H27N3. The highest BCUT2D eigenvalue weighted by molar-refractivity contribution is 4.80. The smallest absolute Gasteiger partial charge is 0.0192 e. The minimum absolute atomic E-state index is 0.531. The van der Waals surface area contributed by atoms with Gasteiger partial charge in [0.05, 0.1) is 0 Å². The maximum Gasteiger partial charge on any atom is 0.0192 e. The quantitative estimate of drug-likeness (QED) is 0.760. The number of hydrogen-bond acceptors (Lipinski definition) is 3. The van der Waals surface area contributed by atoms with E-state index in [-0.39, 0.29) is 0 Å². The molecule has 2 atom stereocenters. The van der Waals surface area contributed by atoms with E-state index in [2.05, 4.69) is 30.7 Å². The van der Waals surface area contributed by atoms with Gasteiger partial charge in [-0.2, -0.15) is 0 Å². The van der Waals surface area contributed by atoms with Gasteiger partial charge in [-0.25, -0.2) is 0 Å². The predicted molar refractivity (Wildman–Crippen MR) is 66.0 cm³/mol. The molecule has 90 valence electrons. The molecule has 0 aromatic rings. The maximum atomic E-state index is 5.77. The molecule has 1 aliphatic rings. The summed E-state index contributed by atoms with van der Waals surface area (Å²) in [6.45, 7) is 8.90. The Kier molecular flexibility index (Phi) is 5.58. The van der Waals surface area contributed by atoms with Crippen molar-refractivity contribution in [3.05, 3.63) is 0 Å². The molecule has 15 heavy (non-hydrogen) atoms. The molecule has 0 aromatic carbocycles. The van der Waals surface area contributed by atoms with Crippen molar-refractivity contribution in [3.8, 4) is 0 Å². The Morgan fingerprint density at radius 2 is 2.13 bits per heavy atom. The summed E-state index contributed by atoms with van der Waals surface area (Å²) in [5, 5.41) is 0. The first-order valence-electron chi connectivity index (χ1n) is 6.33. The lowest BCUT2D eigenvalue weighted by Crippen LogP contribution is -2.45. The van der Waals surface area contributed by atoms with E-state index in [0.29, 0.717) is 6.04 Å². The van der Waals surface area contributed by atoms with E-state index < -0.39 is 0 Å². The van der Waals surface area contributed by atoms with Crippen LogP contribution in [0.4, 0.5) is 0 Å². The van der Waals surface area contributed by atoms with Gasteiger partial charge in [-0.05, 0) is 52.9 Å². The molecule has 0 aliphatic carbocycles. The Morgan fingerprint density at radius 3 is 2.73 bits per heavy atom. The molecule has 0 bridgehead atoms. The Hall–Kier alpha value is -0.120. The zero-order valence-electron chi connectivity index (χ0n) is 10.6. The molecule has 0 aromatic heterocycles. The van der Waals surface area contributed by atoms with Crippen molar-refractivity contribution in [1.82, 2.24) is 9.80 Å². The Morgan fingerprint density at radius 1 is 1.40 bits per heavy atom. The van der Waals surface area contributed by atoms with Crippen LogP contribution in [0.5, 0.6) is 0 Å². The molecule has 1 rings (SSSR count). The first-order chi connectivity index (χ1) is 7.19. The normalized spacial score (nSPS) is 26.6. The minimum Gasteiger partial charge on any atom is -0.329 e. The monoisotopic (exact) mass is 213 g/mol. The molecule has 1 aliphatic heterocycles. The molecular weight excluding hydrogens is 186 g/mol. The van der Waals surface area contributed by atoms with Crippen LogP contribution in [0.2, 0.25) is 0 Å². The largest absolute Gasteiger partial charge is 0.329 e. The Labute approximate surface area is 94.6 Å². The van der Waals surface area contributed by atoms with Crippen LogP contribution in [-0.4, -0.2) is 55.1 Å². The zero-order valence-corrected chi connectivity index (χ0v) is 10.6. The van der Waals surface area contributed by atoms with Crippen LogP contribution in [0.15, 0.2) is 0 Å². The first-order valence-corrected chi connectivity index (χ1v) is 6.33. The second kappa shape index (κ2) is 6.46. The van der Waals surface area contributed by atoms with Gasteiger partial charge < -0.3 is 10.6 Å². The number of rotatable bonds is 4. The lowest BCUT2D eigenvalue weighted by Gasteiger charge is -2.34. The van der Waals surface area contributed by atoms with Crippen molar-refractivity contribution in [2.75, 3.05) is 33.2 Å². The highest BCUT2D eigenvalue weighted by atomic mass is 15.2. The third-order valence-corrected chi connectivity index (χ3v) is 3.66. The zero-order chi connectivity index (χ0) is 11.3. The van der Waals surface area contributed by atoms with Crippen LogP contribution in [0.25, 0.3) is 0 Å². The van der Waals surface area contributed by atoms with Gasteiger partial charge in [-0.3, -0.25) is 4.90 Å². The van der Waals surface area contributed by atoms with Crippen LogP contribution < -0.4 is 5.73 Å².